The number of hydrogen-bond acceptors (Lipinski definition) is 6. The van der Waals surface area contributed by atoms with Gasteiger partial charge >= 0.3 is 17.9 Å². The normalized spacial score (nSPS) is 12.9. The van der Waals surface area contributed by atoms with Crippen LogP contribution < -0.4 is 0 Å². The van der Waals surface area contributed by atoms with Gasteiger partial charge in [-0.15, -0.1) is 0 Å². The van der Waals surface area contributed by atoms with E-state index in [1.807, 2.05) is 0 Å². The van der Waals surface area contributed by atoms with Crippen LogP contribution in [0.5, 0.6) is 0 Å². The molecule has 0 rings (SSSR count). The Labute approximate surface area is 438 Å². The molecule has 0 fully saturated rings. The Hall–Kier alpha value is -3.93. The van der Waals surface area contributed by atoms with Gasteiger partial charge in [-0.2, -0.15) is 0 Å². The molecule has 6 nitrogen and oxygen atoms in total. The fraction of sp³-hybridized carbons (Fsp3) is 0.677. The van der Waals surface area contributed by atoms with Crippen molar-refractivity contribution in [3.05, 3.63) is 109 Å². The monoisotopic (exact) mass is 985 g/mol. The average Bonchev–Trinajstić information content (AvgIpc) is 3.37. The van der Waals surface area contributed by atoms with Crippen molar-refractivity contribution >= 4 is 17.9 Å². The minimum absolute atomic E-state index is 0.0931. The van der Waals surface area contributed by atoms with Crippen molar-refractivity contribution < 1.29 is 28.6 Å². The minimum atomic E-state index is -0.797. The van der Waals surface area contributed by atoms with E-state index in [1.165, 1.54) is 77.0 Å². The summed E-state index contributed by atoms with van der Waals surface area (Å²) in [5.41, 5.74) is 0. The summed E-state index contributed by atoms with van der Waals surface area (Å²) in [5.74, 6) is -0.926. The van der Waals surface area contributed by atoms with Gasteiger partial charge in [0.25, 0.3) is 0 Å². The minimum Gasteiger partial charge on any atom is -0.462 e. The van der Waals surface area contributed by atoms with Crippen molar-refractivity contribution in [2.75, 3.05) is 13.2 Å². The quantitative estimate of drug-likeness (QED) is 0.0261. The number of carbonyl (C=O) groups is 3. The highest BCUT2D eigenvalue weighted by Gasteiger charge is 2.19. The molecule has 0 saturated carbocycles. The summed E-state index contributed by atoms with van der Waals surface area (Å²) in [6.07, 6.45) is 79.3. The van der Waals surface area contributed by atoms with Crippen LogP contribution in [0.4, 0.5) is 0 Å². The lowest BCUT2D eigenvalue weighted by molar-refractivity contribution is -0.167. The van der Waals surface area contributed by atoms with Crippen molar-refractivity contribution in [3.63, 3.8) is 0 Å². The first kappa shape index (κ1) is 67.1. The van der Waals surface area contributed by atoms with Gasteiger partial charge < -0.3 is 14.2 Å². The molecule has 0 saturated heterocycles. The van der Waals surface area contributed by atoms with Crippen LogP contribution in [-0.4, -0.2) is 37.2 Å². The molecule has 0 spiro atoms. The zero-order chi connectivity index (χ0) is 51.4. The molecule has 0 bridgehead atoms. The molecule has 0 aromatic carbocycles. The second-order valence-corrected chi connectivity index (χ2v) is 19.1. The molecule has 0 heterocycles. The van der Waals surface area contributed by atoms with E-state index in [9.17, 15) is 14.4 Å². The standard InChI is InChI=1S/C65H108O6/c1-4-7-10-13-16-19-22-25-28-29-30-31-32-33-34-35-38-40-43-46-49-52-55-58-64(67)70-61-62(71-65(68)59-56-53-50-47-44-41-37-27-24-21-18-15-12-9-6-3)60-69-63(66)57-54-51-48-45-42-39-36-26-23-20-17-14-11-8-5-2/h7,9-10,12,16-21,25-28,30-31,36-37,62H,4-6,8,11,13-15,22-24,29,32-35,38-61H2,1-3H3/b10-7-,12-9-,19-16-,20-17-,21-18-,28-25-,31-30-,36-26-,37-27-. The van der Waals surface area contributed by atoms with E-state index in [2.05, 4.69) is 130 Å². The molecule has 0 aliphatic carbocycles. The molecule has 0 radical (unpaired) electrons. The van der Waals surface area contributed by atoms with E-state index in [1.54, 1.807) is 0 Å². The fourth-order valence-electron chi connectivity index (χ4n) is 7.89. The maximum Gasteiger partial charge on any atom is 0.306 e. The van der Waals surface area contributed by atoms with Crippen LogP contribution in [0.2, 0.25) is 0 Å². The number of allylic oxidation sites excluding steroid dienone is 18. The van der Waals surface area contributed by atoms with Crippen LogP contribution >= 0.6 is 0 Å². The molecule has 1 unspecified atom stereocenters. The molecule has 0 aliphatic rings. The van der Waals surface area contributed by atoms with E-state index in [0.717, 1.165) is 148 Å². The van der Waals surface area contributed by atoms with E-state index in [0.29, 0.717) is 19.3 Å². The zero-order valence-electron chi connectivity index (χ0n) is 46.2. The number of hydrogen-bond donors (Lipinski definition) is 0. The van der Waals surface area contributed by atoms with E-state index in [-0.39, 0.29) is 31.1 Å². The molecular formula is C65H108O6. The maximum atomic E-state index is 12.9. The van der Waals surface area contributed by atoms with Crippen molar-refractivity contribution in [2.45, 2.75) is 271 Å². The van der Waals surface area contributed by atoms with Crippen molar-refractivity contribution in [1.82, 2.24) is 0 Å². The second kappa shape index (κ2) is 58.6. The third-order valence-electron chi connectivity index (χ3n) is 12.2. The van der Waals surface area contributed by atoms with Crippen LogP contribution in [0.3, 0.4) is 0 Å². The first-order valence-electron chi connectivity index (χ1n) is 29.4. The Morgan fingerprint density at radius 1 is 0.296 bits per heavy atom. The summed E-state index contributed by atoms with van der Waals surface area (Å²) in [7, 11) is 0. The smallest absolute Gasteiger partial charge is 0.306 e. The maximum absolute atomic E-state index is 12.9. The number of unbranched alkanes of at least 4 members (excludes halogenated alkanes) is 23. The number of carbonyl (C=O) groups excluding carboxylic acids is 3. The lowest BCUT2D eigenvalue weighted by Gasteiger charge is -2.18. The molecule has 6 heteroatoms. The predicted molar refractivity (Wildman–Crippen MR) is 307 cm³/mol. The molecule has 71 heavy (non-hydrogen) atoms. The summed E-state index contributed by atoms with van der Waals surface area (Å²) in [5, 5.41) is 0. The number of rotatable bonds is 52. The third kappa shape index (κ3) is 56.9. The van der Waals surface area contributed by atoms with E-state index in [4.69, 9.17) is 14.2 Å². The largest absolute Gasteiger partial charge is 0.462 e. The lowest BCUT2D eigenvalue weighted by atomic mass is 10.1. The highest BCUT2D eigenvalue weighted by atomic mass is 16.6. The summed E-state index contributed by atoms with van der Waals surface area (Å²) < 4.78 is 16.9. The Balaban J connectivity index is 4.39. The van der Waals surface area contributed by atoms with Crippen molar-refractivity contribution in [2.24, 2.45) is 0 Å². The van der Waals surface area contributed by atoms with Crippen LogP contribution in [0, 0.1) is 0 Å². The molecule has 0 amide bonds. The summed E-state index contributed by atoms with van der Waals surface area (Å²) >= 11 is 0. The van der Waals surface area contributed by atoms with Gasteiger partial charge in [0.1, 0.15) is 13.2 Å². The van der Waals surface area contributed by atoms with Crippen LogP contribution in [0.25, 0.3) is 0 Å². The van der Waals surface area contributed by atoms with E-state index >= 15 is 0 Å². The van der Waals surface area contributed by atoms with Crippen LogP contribution in [-0.2, 0) is 28.6 Å². The summed E-state index contributed by atoms with van der Waals surface area (Å²) in [4.78, 5) is 38.2. The lowest BCUT2D eigenvalue weighted by Crippen LogP contribution is -2.30. The molecule has 0 aliphatic heterocycles. The van der Waals surface area contributed by atoms with Crippen LogP contribution in [0.1, 0.15) is 265 Å². The van der Waals surface area contributed by atoms with Crippen molar-refractivity contribution in [3.8, 4) is 0 Å². The van der Waals surface area contributed by atoms with Gasteiger partial charge in [-0.05, 0) is 122 Å². The van der Waals surface area contributed by atoms with Gasteiger partial charge in [-0.25, -0.2) is 0 Å². The topological polar surface area (TPSA) is 78.9 Å². The van der Waals surface area contributed by atoms with Gasteiger partial charge in [0.05, 0.1) is 0 Å². The Morgan fingerprint density at radius 3 is 0.859 bits per heavy atom. The van der Waals surface area contributed by atoms with Crippen LogP contribution in [0.15, 0.2) is 109 Å². The highest BCUT2D eigenvalue weighted by Crippen LogP contribution is 2.15. The van der Waals surface area contributed by atoms with Gasteiger partial charge in [-0.1, -0.05) is 233 Å². The van der Waals surface area contributed by atoms with Gasteiger partial charge in [0.2, 0.25) is 0 Å². The Bertz CT molecular complexity index is 1460. The average molecular weight is 986 g/mol. The molecule has 404 valence electrons. The second-order valence-electron chi connectivity index (χ2n) is 19.1. The number of ether oxygens (including phenoxy) is 3. The van der Waals surface area contributed by atoms with Gasteiger partial charge in [0.15, 0.2) is 6.10 Å². The molecule has 0 aromatic heterocycles. The molecule has 1 atom stereocenters. The molecule has 0 N–H and O–H groups in total. The predicted octanol–water partition coefficient (Wildman–Crippen LogP) is 19.9. The van der Waals surface area contributed by atoms with E-state index < -0.39 is 6.10 Å². The van der Waals surface area contributed by atoms with Gasteiger partial charge in [0, 0.05) is 19.3 Å². The van der Waals surface area contributed by atoms with Gasteiger partial charge in [-0.3, -0.25) is 14.4 Å². The molecule has 0 aromatic rings. The highest BCUT2D eigenvalue weighted by molar-refractivity contribution is 5.71. The summed E-state index contributed by atoms with van der Waals surface area (Å²) in [6.45, 7) is 6.37. The number of esters is 3. The Morgan fingerprint density at radius 2 is 0.549 bits per heavy atom. The zero-order valence-corrected chi connectivity index (χ0v) is 46.2. The summed E-state index contributed by atoms with van der Waals surface area (Å²) in [6, 6.07) is 0. The first-order chi connectivity index (χ1) is 35.0. The Kier molecular flexibility index (Phi) is 55.4. The fourth-order valence-corrected chi connectivity index (χ4v) is 7.89. The first-order valence-corrected chi connectivity index (χ1v) is 29.4. The van der Waals surface area contributed by atoms with Crippen molar-refractivity contribution in [1.29, 1.82) is 0 Å². The third-order valence-corrected chi connectivity index (χ3v) is 12.2. The SMILES string of the molecule is CC/C=C\C/C=C\C/C=C\C/C=C\CCCCCCCCCCCCC(=O)OCC(COC(=O)CCCCCCC/C=C\C/C=C\CCCCC)OC(=O)CCCCCCC/C=C\C/C=C\C/C=C\CC. The molecular weight excluding hydrogens is 877 g/mol.